The highest BCUT2D eigenvalue weighted by Crippen LogP contribution is 2.22. The fraction of sp³-hybridized carbons (Fsp3) is 0.455. The largest absolute Gasteiger partial charge is 0.477 e. The summed E-state index contributed by atoms with van der Waals surface area (Å²) in [4.78, 5) is 22.6. The second kappa shape index (κ2) is 4.00. The lowest BCUT2D eigenvalue weighted by Crippen LogP contribution is -2.25. The van der Waals surface area contributed by atoms with Crippen LogP contribution >= 0.6 is 0 Å². The van der Waals surface area contributed by atoms with Crippen molar-refractivity contribution < 1.29 is 9.53 Å². The van der Waals surface area contributed by atoms with Gasteiger partial charge in [-0.15, -0.1) is 0 Å². The molecule has 16 heavy (non-hydrogen) atoms. The molecule has 0 bridgehead atoms. The third-order valence-corrected chi connectivity index (χ3v) is 2.63. The van der Waals surface area contributed by atoms with Crippen LogP contribution < -0.4 is 15.5 Å². The number of nitrogens with one attached hydrogen (secondary N) is 1. The first-order valence-electron chi connectivity index (χ1n) is 5.20. The molecule has 0 aromatic carbocycles. The van der Waals surface area contributed by atoms with Crippen molar-refractivity contribution in [3.8, 4) is 5.88 Å². The first kappa shape index (κ1) is 10.7. The number of hydrogen-bond acceptors (Lipinski definition) is 3. The zero-order chi connectivity index (χ0) is 11.7. The van der Waals surface area contributed by atoms with Gasteiger partial charge in [0.05, 0.1) is 18.7 Å². The summed E-state index contributed by atoms with van der Waals surface area (Å²) in [5, 5.41) is 2.62. The lowest BCUT2D eigenvalue weighted by Gasteiger charge is -2.10. The number of nitrogens with zero attached hydrogens (tertiary/aromatic N) is 1. The summed E-state index contributed by atoms with van der Waals surface area (Å²) in [6.45, 7) is 4.87. The molecular formula is C11H14N2O3. The maximum atomic E-state index is 11.8. The summed E-state index contributed by atoms with van der Waals surface area (Å²) in [5.74, 6) is 0.440. The van der Waals surface area contributed by atoms with Gasteiger partial charge in [-0.3, -0.25) is 9.59 Å². The molecule has 1 aliphatic rings. The van der Waals surface area contributed by atoms with Gasteiger partial charge in [-0.05, 0) is 6.92 Å². The van der Waals surface area contributed by atoms with Crippen molar-refractivity contribution in [3.05, 3.63) is 27.5 Å². The van der Waals surface area contributed by atoms with E-state index in [0.29, 0.717) is 18.1 Å². The molecule has 0 radical (unpaired) electrons. The molecule has 2 rings (SSSR count). The van der Waals surface area contributed by atoms with Crippen LogP contribution in [0.3, 0.4) is 0 Å². The summed E-state index contributed by atoms with van der Waals surface area (Å²) >= 11 is 0. The Morgan fingerprint density at radius 3 is 3.06 bits per heavy atom. The number of carbonyl (C=O) groups is 1. The van der Waals surface area contributed by atoms with Gasteiger partial charge in [-0.25, -0.2) is 0 Å². The third kappa shape index (κ3) is 1.80. The molecule has 1 aromatic rings. The molecule has 1 aromatic heterocycles. The molecule has 0 unspecified atom stereocenters. The average molecular weight is 222 g/mol. The van der Waals surface area contributed by atoms with Crippen LogP contribution in [0.15, 0.2) is 10.9 Å². The van der Waals surface area contributed by atoms with Crippen LogP contribution in [0.5, 0.6) is 5.88 Å². The fourth-order valence-corrected chi connectivity index (χ4v) is 1.84. The molecule has 2 heterocycles. The predicted molar refractivity (Wildman–Crippen MR) is 58.5 cm³/mol. The van der Waals surface area contributed by atoms with Gasteiger partial charge >= 0.3 is 0 Å². The Hall–Kier alpha value is -1.78. The summed E-state index contributed by atoms with van der Waals surface area (Å²) in [6, 6.07) is 1.58. The number of aryl methyl sites for hydroxylation is 1. The van der Waals surface area contributed by atoms with Gasteiger partial charge in [0.15, 0.2) is 5.43 Å². The molecule has 86 valence electrons. The topological polar surface area (TPSA) is 60.3 Å². The van der Waals surface area contributed by atoms with Crippen molar-refractivity contribution in [2.75, 3.05) is 6.61 Å². The zero-order valence-corrected chi connectivity index (χ0v) is 9.37. The second-order valence-electron chi connectivity index (χ2n) is 3.84. The van der Waals surface area contributed by atoms with Gasteiger partial charge in [0.2, 0.25) is 11.8 Å². The molecular weight excluding hydrogens is 208 g/mol. The molecule has 0 spiro atoms. The molecule has 5 nitrogen and oxygen atoms in total. The minimum atomic E-state index is -0.156. The highest BCUT2D eigenvalue weighted by Gasteiger charge is 2.19. The van der Waals surface area contributed by atoms with E-state index in [4.69, 9.17) is 4.74 Å². The summed E-state index contributed by atoms with van der Waals surface area (Å²) in [5.41, 5.74) is 1.33. The Kier molecular flexibility index (Phi) is 2.68. The smallest absolute Gasteiger partial charge is 0.217 e. The van der Waals surface area contributed by atoms with Crippen LogP contribution in [0, 0.1) is 6.92 Å². The summed E-state index contributed by atoms with van der Waals surface area (Å²) in [6.07, 6.45) is 0. The minimum Gasteiger partial charge on any atom is -0.477 e. The second-order valence-corrected chi connectivity index (χ2v) is 3.84. The average Bonchev–Trinajstić information content (AvgIpc) is 2.65. The van der Waals surface area contributed by atoms with E-state index in [2.05, 4.69) is 5.32 Å². The van der Waals surface area contributed by atoms with Crippen LogP contribution in [-0.4, -0.2) is 17.1 Å². The van der Waals surface area contributed by atoms with Crippen LogP contribution in [0.4, 0.5) is 0 Å². The zero-order valence-electron chi connectivity index (χ0n) is 9.37. The Labute approximate surface area is 93.0 Å². The molecule has 0 saturated carbocycles. The third-order valence-electron chi connectivity index (χ3n) is 2.63. The van der Waals surface area contributed by atoms with Gasteiger partial charge in [-0.2, -0.15) is 0 Å². The number of hydrogen-bond donors (Lipinski definition) is 1. The number of aromatic nitrogens is 1. The van der Waals surface area contributed by atoms with Gasteiger partial charge in [0.25, 0.3) is 0 Å². The summed E-state index contributed by atoms with van der Waals surface area (Å²) < 4.78 is 7.39. The van der Waals surface area contributed by atoms with E-state index in [1.54, 1.807) is 6.07 Å². The quantitative estimate of drug-likeness (QED) is 0.776. The predicted octanol–water partition coefficient (Wildman–Crippen LogP) is 0.185. The van der Waals surface area contributed by atoms with Crippen LogP contribution in [0.1, 0.15) is 18.2 Å². The van der Waals surface area contributed by atoms with E-state index in [1.807, 2.05) is 11.5 Å². The van der Waals surface area contributed by atoms with Crippen molar-refractivity contribution in [1.82, 2.24) is 9.88 Å². The van der Waals surface area contributed by atoms with Crippen LogP contribution in [0.25, 0.3) is 0 Å². The Balaban J connectivity index is 2.41. The maximum Gasteiger partial charge on any atom is 0.217 e. The monoisotopic (exact) mass is 222 g/mol. The molecule has 0 fully saturated rings. The van der Waals surface area contributed by atoms with Gasteiger partial charge in [0, 0.05) is 18.7 Å². The highest BCUT2D eigenvalue weighted by atomic mass is 16.5. The van der Waals surface area contributed by atoms with Crippen LogP contribution in [0.2, 0.25) is 0 Å². The Morgan fingerprint density at radius 1 is 1.62 bits per heavy atom. The van der Waals surface area contributed by atoms with Gasteiger partial charge in [0.1, 0.15) is 6.61 Å². The molecule has 0 atom stereocenters. The number of fused-ring (bicyclic) bond motifs is 1. The summed E-state index contributed by atoms with van der Waals surface area (Å²) in [7, 11) is 0. The first-order chi connectivity index (χ1) is 7.59. The minimum absolute atomic E-state index is 0.0839. The van der Waals surface area contributed by atoms with Crippen molar-refractivity contribution in [3.63, 3.8) is 0 Å². The lowest BCUT2D eigenvalue weighted by atomic mass is 10.2. The van der Waals surface area contributed by atoms with E-state index >= 15 is 0 Å². The van der Waals surface area contributed by atoms with Crippen molar-refractivity contribution >= 4 is 5.91 Å². The van der Waals surface area contributed by atoms with Crippen molar-refractivity contribution in [2.24, 2.45) is 0 Å². The maximum absolute atomic E-state index is 11.8. The van der Waals surface area contributed by atoms with E-state index in [-0.39, 0.29) is 17.9 Å². The van der Waals surface area contributed by atoms with E-state index in [0.717, 1.165) is 12.2 Å². The van der Waals surface area contributed by atoms with Crippen molar-refractivity contribution in [1.29, 1.82) is 0 Å². The molecule has 1 aliphatic heterocycles. The van der Waals surface area contributed by atoms with Gasteiger partial charge < -0.3 is 14.6 Å². The van der Waals surface area contributed by atoms with Crippen molar-refractivity contribution in [2.45, 2.75) is 26.9 Å². The molecule has 5 heteroatoms. The van der Waals surface area contributed by atoms with Crippen LogP contribution in [-0.2, 0) is 17.9 Å². The number of pyridine rings is 1. The number of carbonyl (C=O) groups excluding carboxylic acids is 1. The molecule has 0 aliphatic carbocycles. The fourth-order valence-electron chi connectivity index (χ4n) is 1.84. The molecule has 1 N–H and O–H groups in total. The van der Waals surface area contributed by atoms with E-state index in [1.165, 1.54) is 6.92 Å². The molecule has 1 amide bonds. The van der Waals surface area contributed by atoms with Gasteiger partial charge in [-0.1, -0.05) is 0 Å². The number of amides is 1. The highest BCUT2D eigenvalue weighted by molar-refractivity contribution is 5.72. The van der Waals surface area contributed by atoms with E-state index in [9.17, 15) is 9.59 Å². The Bertz CT molecular complexity index is 491. The molecule has 0 saturated heterocycles. The SMILES string of the molecule is CC(=O)NCc1c2n(c(C)cc1=O)CCO2. The number of rotatable bonds is 2. The number of ether oxygens (including phenoxy) is 1. The normalized spacial score (nSPS) is 13.1. The standard InChI is InChI=1S/C11H14N2O3/c1-7-5-10(15)9(6-12-8(2)14)11-13(7)3-4-16-11/h5H,3-4,6H2,1-2H3,(H,12,14). The lowest BCUT2D eigenvalue weighted by molar-refractivity contribution is -0.119. The Morgan fingerprint density at radius 2 is 2.38 bits per heavy atom. The van der Waals surface area contributed by atoms with E-state index < -0.39 is 0 Å². The first-order valence-corrected chi connectivity index (χ1v) is 5.20.